The van der Waals surface area contributed by atoms with E-state index in [1.165, 1.54) is 6.92 Å². The van der Waals surface area contributed by atoms with E-state index < -0.39 is 0 Å². The minimum absolute atomic E-state index is 0. The van der Waals surface area contributed by atoms with E-state index >= 15 is 0 Å². The highest BCUT2D eigenvalue weighted by molar-refractivity contribution is 14.0. The van der Waals surface area contributed by atoms with Gasteiger partial charge in [0.05, 0.1) is 0 Å². The van der Waals surface area contributed by atoms with Crippen LogP contribution in [0.2, 0.25) is 0 Å². The topological polar surface area (TPSA) is 65.5 Å². The van der Waals surface area contributed by atoms with Gasteiger partial charge in [-0.15, -0.1) is 24.0 Å². The van der Waals surface area contributed by atoms with Crippen molar-refractivity contribution in [3.8, 4) is 0 Å². The van der Waals surface area contributed by atoms with Gasteiger partial charge in [0.25, 0.3) is 0 Å². The molecule has 0 saturated carbocycles. The molecular weight excluding hydrogens is 423 g/mol. The molecule has 0 fully saturated rings. The average molecular weight is 450 g/mol. The second-order valence-electron chi connectivity index (χ2n) is 5.62. The number of aliphatic imine (C=N–C) groups is 1. The SMILES string of the molecule is CN=C(NCc1cccc(NC(C)=O)c1)NCC(C)(C)SC.I. The third kappa shape index (κ3) is 9.04. The highest BCUT2D eigenvalue weighted by Crippen LogP contribution is 2.19. The number of nitrogens with zero attached hydrogens (tertiary/aromatic N) is 1. The summed E-state index contributed by atoms with van der Waals surface area (Å²) in [5.41, 5.74) is 1.89. The number of hydrogen-bond donors (Lipinski definition) is 3. The summed E-state index contributed by atoms with van der Waals surface area (Å²) < 4.78 is 0.156. The van der Waals surface area contributed by atoms with Crippen LogP contribution in [0.1, 0.15) is 26.3 Å². The van der Waals surface area contributed by atoms with Crippen molar-refractivity contribution in [1.82, 2.24) is 10.6 Å². The molecule has 130 valence electrons. The molecule has 1 amide bonds. The summed E-state index contributed by atoms with van der Waals surface area (Å²) in [6, 6.07) is 7.76. The molecule has 7 heteroatoms. The molecule has 23 heavy (non-hydrogen) atoms. The van der Waals surface area contributed by atoms with Gasteiger partial charge in [-0.05, 0) is 37.8 Å². The molecule has 0 atom stereocenters. The minimum atomic E-state index is -0.0677. The second-order valence-corrected chi connectivity index (χ2v) is 7.14. The van der Waals surface area contributed by atoms with Gasteiger partial charge in [-0.2, -0.15) is 11.8 Å². The van der Waals surface area contributed by atoms with Crippen molar-refractivity contribution in [3.05, 3.63) is 29.8 Å². The van der Waals surface area contributed by atoms with Gasteiger partial charge in [0.2, 0.25) is 5.91 Å². The molecule has 0 aliphatic carbocycles. The van der Waals surface area contributed by atoms with Crippen LogP contribution >= 0.6 is 35.7 Å². The maximum absolute atomic E-state index is 11.1. The van der Waals surface area contributed by atoms with Crippen LogP contribution in [0.15, 0.2) is 29.3 Å². The van der Waals surface area contributed by atoms with E-state index in [1.54, 1.807) is 7.05 Å². The number of guanidine groups is 1. The Morgan fingerprint density at radius 1 is 1.30 bits per heavy atom. The second kappa shape index (κ2) is 10.7. The van der Waals surface area contributed by atoms with Crippen molar-refractivity contribution in [2.45, 2.75) is 32.1 Å². The lowest BCUT2D eigenvalue weighted by Crippen LogP contribution is -2.42. The van der Waals surface area contributed by atoms with Crippen molar-refractivity contribution >= 4 is 53.3 Å². The summed E-state index contributed by atoms with van der Waals surface area (Å²) >= 11 is 1.82. The van der Waals surface area contributed by atoms with E-state index in [0.29, 0.717) is 6.54 Å². The van der Waals surface area contributed by atoms with Crippen molar-refractivity contribution in [2.24, 2.45) is 4.99 Å². The molecule has 5 nitrogen and oxygen atoms in total. The Morgan fingerprint density at radius 2 is 2.00 bits per heavy atom. The van der Waals surface area contributed by atoms with Crippen LogP contribution in [0.5, 0.6) is 0 Å². The molecule has 0 unspecified atom stereocenters. The molecule has 0 heterocycles. The predicted octanol–water partition coefficient (Wildman–Crippen LogP) is 3.07. The Hall–Kier alpha value is -0.960. The highest BCUT2D eigenvalue weighted by atomic mass is 127. The quantitative estimate of drug-likeness (QED) is 0.354. The van der Waals surface area contributed by atoms with Gasteiger partial charge in [0.15, 0.2) is 5.96 Å². The van der Waals surface area contributed by atoms with Gasteiger partial charge >= 0.3 is 0 Å². The van der Waals surface area contributed by atoms with Crippen LogP contribution in [0.4, 0.5) is 5.69 Å². The number of anilines is 1. The first-order valence-electron chi connectivity index (χ1n) is 7.22. The normalized spacial score (nSPS) is 11.4. The molecule has 1 aromatic rings. The van der Waals surface area contributed by atoms with E-state index in [1.807, 2.05) is 36.0 Å². The molecule has 0 saturated heterocycles. The maximum Gasteiger partial charge on any atom is 0.221 e. The number of nitrogens with one attached hydrogen (secondary N) is 3. The van der Waals surface area contributed by atoms with Crippen LogP contribution in [0, 0.1) is 0 Å². The number of halogens is 1. The lowest BCUT2D eigenvalue weighted by atomic mass is 10.2. The van der Waals surface area contributed by atoms with Crippen LogP contribution < -0.4 is 16.0 Å². The third-order valence-corrected chi connectivity index (χ3v) is 4.41. The summed E-state index contributed by atoms with van der Waals surface area (Å²) in [7, 11) is 1.76. The Balaban J connectivity index is 0.00000484. The fourth-order valence-electron chi connectivity index (χ4n) is 1.74. The van der Waals surface area contributed by atoms with Crippen molar-refractivity contribution in [1.29, 1.82) is 0 Å². The first-order chi connectivity index (χ1) is 10.4. The van der Waals surface area contributed by atoms with Crippen LogP contribution in [0.3, 0.4) is 0 Å². The van der Waals surface area contributed by atoms with Crippen molar-refractivity contribution < 1.29 is 4.79 Å². The fraction of sp³-hybridized carbons (Fsp3) is 0.500. The fourth-order valence-corrected chi connectivity index (χ4v) is 1.95. The molecular formula is C16H27IN4OS. The highest BCUT2D eigenvalue weighted by Gasteiger charge is 2.15. The number of thioether (sulfide) groups is 1. The zero-order chi connectivity index (χ0) is 16.6. The minimum Gasteiger partial charge on any atom is -0.355 e. The van der Waals surface area contributed by atoms with Crippen LogP contribution in [-0.2, 0) is 11.3 Å². The monoisotopic (exact) mass is 450 g/mol. The first kappa shape index (κ1) is 22.0. The van der Waals surface area contributed by atoms with Gasteiger partial charge in [-0.3, -0.25) is 9.79 Å². The van der Waals surface area contributed by atoms with Gasteiger partial charge in [0.1, 0.15) is 0 Å². The largest absolute Gasteiger partial charge is 0.355 e. The number of benzene rings is 1. The number of hydrogen-bond acceptors (Lipinski definition) is 3. The Morgan fingerprint density at radius 3 is 2.57 bits per heavy atom. The molecule has 3 N–H and O–H groups in total. The predicted molar refractivity (Wildman–Crippen MR) is 112 cm³/mol. The van der Waals surface area contributed by atoms with E-state index in [0.717, 1.165) is 23.8 Å². The number of carbonyl (C=O) groups excluding carboxylic acids is 1. The zero-order valence-electron chi connectivity index (χ0n) is 14.4. The molecule has 0 spiro atoms. The number of carbonyl (C=O) groups is 1. The number of amides is 1. The van der Waals surface area contributed by atoms with E-state index in [-0.39, 0.29) is 34.6 Å². The van der Waals surface area contributed by atoms with E-state index in [9.17, 15) is 4.79 Å². The van der Waals surface area contributed by atoms with Crippen LogP contribution in [-0.4, -0.2) is 36.5 Å². The van der Waals surface area contributed by atoms with Gasteiger partial charge in [-0.25, -0.2) is 0 Å². The van der Waals surface area contributed by atoms with Gasteiger partial charge in [0, 0.05) is 37.5 Å². The van der Waals surface area contributed by atoms with Crippen LogP contribution in [0.25, 0.3) is 0 Å². The average Bonchev–Trinajstić information content (AvgIpc) is 2.47. The van der Waals surface area contributed by atoms with E-state index in [4.69, 9.17) is 0 Å². The summed E-state index contributed by atoms with van der Waals surface area (Å²) in [5, 5.41) is 9.39. The summed E-state index contributed by atoms with van der Waals surface area (Å²) in [6.45, 7) is 7.36. The Kier molecular flexibility index (Phi) is 10.3. The third-order valence-electron chi connectivity index (χ3n) is 3.17. The van der Waals surface area contributed by atoms with Crippen molar-refractivity contribution in [2.75, 3.05) is 25.2 Å². The van der Waals surface area contributed by atoms with Gasteiger partial charge < -0.3 is 16.0 Å². The zero-order valence-corrected chi connectivity index (χ0v) is 17.5. The first-order valence-corrected chi connectivity index (χ1v) is 8.45. The standard InChI is InChI=1S/C16H26N4OS.HI/c1-12(21)20-14-8-6-7-13(9-14)10-18-15(17-4)19-11-16(2,3)22-5;/h6-9H,10-11H2,1-5H3,(H,20,21)(H2,17,18,19);1H. The van der Waals surface area contributed by atoms with E-state index in [2.05, 4.69) is 41.0 Å². The Labute approximate surface area is 160 Å². The summed E-state index contributed by atoms with van der Waals surface area (Å²) in [5.74, 6) is 0.703. The molecule has 0 aromatic heterocycles. The van der Waals surface area contributed by atoms with Gasteiger partial charge in [-0.1, -0.05) is 12.1 Å². The summed E-state index contributed by atoms with van der Waals surface area (Å²) in [6.07, 6.45) is 2.10. The Bertz CT molecular complexity index is 535. The lowest BCUT2D eigenvalue weighted by molar-refractivity contribution is -0.114. The maximum atomic E-state index is 11.1. The molecule has 1 rings (SSSR count). The summed E-state index contributed by atoms with van der Waals surface area (Å²) in [4.78, 5) is 15.3. The molecule has 1 aromatic carbocycles. The molecule has 0 bridgehead atoms. The molecule has 0 radical (unpaired) electrons. The van der Waals surface area contributed by atoms with Crippen molar-refractivity contribution in [3.63, 3.8) is 0 Å². The smallest absolute Gasteiger partial charge is 0.221 e. The molecule has 0 aliphatic heterocycles. The lowest BCUT2D eigenvalue weighted by Gasteiger charge is -2.23. The number of rotatable bonds is 6. The molecule has 0 aliphatic rings.